The molecule has 0 aromatic heterocycles. The Kier molecular flexibility index (Phi) is 6.46. The molecule has 0 saturated carbocycles. The van der Waals surface area contributed by atoms with E-state index in [2.05, 4.69) is 24.2 Å². The molecule has 3 nitrogen and oxygen atoms in total. The monoisotopic (exact) mass is 294 g/mol. The van der Waals surface area contributed by atoms with E-state index in [1.165, 1.54) is 18.9 Å². The maximum atomic E-state index is 13.5. The lowest BCUT2D eigenvalue weighted by Crippen LogP contribution is -2.34. The van der Waals surface area contributed by atoms with E-state index in [4.69, 9.17) is 4.74 Å². The van der Waals surface area contributed by atoms with E-state index in [1.807, 2.05) is 6.07 Å². The number of benzene rings is 1. The molecule has 1 heterocycles. The number of rotatable bonds is 7. The van der Waals surface area contributed by atoms with Crippen LogP contribution in [0.3, 0.4) is 0 Å². The molecule has 0 aliphatic carbocycles. The highest BCUT2D eigenvalue weighted by molar-refractivity contribution is 5.53. The van der Waals surface area contributed by atoms with Crippen molar-refractivity contribution in [1.82, 2.24) is 5.32 Å². The summed E-state index contributed by atoms with van der Waals surface area (Å²) in [6, 6.07) is 5.05. The zero-order chi connectivity index (χ0) is 15.1. The summed E-state index contributed by atoms with van der Waals surface area (Å²) in [5.41, 5.74) is 2.11. The van der Waals surface area contributed by atoms with Crippen molar-refractivity contribution < 1.29 is 9.13 Å². The van der Waals surface area contributed by atoms with E-state index >= 15 is 0 Å². The molecule has 1 aliphatic heterocycles. The molecule has 21 heavy (non-hydrogen) atoms. The Morgan fingerprint density at radius 3 is 2.95 bits per heavy atom. The first-order valence-corrected chi connectivity index (χ1v) is 8.02. The van der Waals surface area contributed by atoms with Gasteiger partial charge < -0.3 is 15.0 Å². The molecule has 1 unspecified atom stereocenters. The summed E-state index contributed by atoms with van der Waals surface area (Å²) in [7, 11) is 2.06. The van der Waals surface area contributed by atoms with Gasteiger partial charge in [0.15, 0.2) is 0 Å². The van der Waals surface area contributed by atoms with Crippen LogP contribution in [0.2, 0.25) is 0 Å². The lowest BCUT2D eigenvalue weighted by Gasteiger charge is -2.30. The SMILES string of the molecule is CCCNCc1cc(F)ccc1N(C)CC1CCCCO1. The van der Waals surface area contributed by atoms with Gasteiger partial charge in [0.05, 0.1) is 6.10 Å². The summed E-state index contributed by atoms with van der Waals surface area (Å²) in [6.07, 6.45) is 4.91. The number of halogens is 1. The quantitative estimate of drug-likeness (QED) is 0.781. The van der Waals surface area contributed by atoms with Crippen LogP contribution in [-0.4, -0.2) is 32.8 Å². The standard InChI is InChI=1S/C17H27FN2O/c1-3-9-19-12-14-11-15(18)7-8-17(14)20(2)13-16-6-4-5-10-21-16/h7-8,11,16,19H,3-6,9-10,12-13H2,1-2H3. The van der Waals surface area contributed by atoms with Crippen LogP contribution in [-0.2, 0) is 11.3 Å². The first-order valence-electron chi connectivity index (χ1n) is 8.02. The van der Waals surface area contributed by atoms with Crippen LogP contribution in [0.4, 0.5) is 10.1 Å². The molecule has 1 atom stereocenters. The molecule has 0 spiro atoms. The van der Waals surface area contributed by atoms with Crippen molar-refractivity contribution in [3.8, 4) is 0 Å². The number of anilines is 1. The summed E-state index contributed by atoms with van der Waals surface area (Å²) in [4.78, 5) is 2.19. The molecular formula is C17H27FN2O. The van der Waals surface area contributed by atoms with Crippen LogP contribution in [0.5, 0.6) is 0 Å². The highest BCUT2D eigenvalue weighted by atomic mass is 19.1. The van der Waals surface area contributed by atoms with Crippen molar-refractivity contribution in [1.29, 1.82) is 0 Å². The van der Waals surface area contributed by atoms with Crippen molar-refractivity contribution in [3.05, 3.63) is 29.6 Å². The van der Waals surface area contributed by atoms with Gasteiger partial charge in [-0.2, -0.15) is 0 Å². The van der Waals surface area contributed by atoms with Gasteiger partial charge in [0.1, 0.15) is 5.82 Å². The number of nitrogens with one attached hydrogen (secondary N) is 1. The summed E-state index contributed by atoms with van der Waals surface area (Å²) in [5, 5.41) is 3.35. The number of hydrogen-bond acceptors (Lipinski definition) is 3. The Labute approximate surface area is 127 Å². The zero-order valence-corrected chi connectivity index (χ0v) is 13.2. The lowest BCUT2D eigenvalue weighted by atomic mass is 10.1. The fourth-order valence-electron chi connectivity index (χ4n) is 2.82. The summed E-state index contributed by atoms with van der Waals surface area (Å²) in [6.45, 7) is 5.52. The van der Waals surface area contributed by atoms with E-state index in [0.717, 1.165) is 43.8 Å². The van der Waals surface area contributed by atoms with E-state index in [0.29, 0.717) is 12.6 Å². The average molecular weight is 294 g/mol. The van der Waals surface area contributed by atoms with Gasteiger partial charge in [-0.1, -0.05) is 6.92 Å². The summed E-state index contributed by atoms with van der Waals surface area (Å²) >= 11 is 0. The minimum atomic E-state index is -0.172. The molecule has 0 radical (unpaired) electrons. The largest absolute Gasteiger partial charge is 0.376 e. The number of likely N-dealkylation sites (N-methyl/N-ethyl adjacent to an activating group) is 1. The van der Waals surface area contributed by atoms with Gasteiger partial charge in [-0.05, 0) is 56.0 Å². The van der Waals surface area contributed by atoms with Crippen LogP contribution in [0.1, 0.15) is 38.2 Å². The predicted octanol–water partition coefficient (Wildman–Crippen LogP) is 3.33. The van der Waals surface area contributed by atoms with Crippen molar-refractivity contribution in [3.63, 3.8) is 0 Å². The fourth-order valence-corrected chi connectivity index (χ4v) is 2.82. The van der Waals surface area contributed by atoms with Gasteiger partial charge in [0.25, 0.3) is 0 Å². The smallest absolute Gasteiger partial charge is 0.123 e. The van der Waals surface area contributed by atoms with Crippen LogP contribution in [0.15, 0.2) is 18.2 Å². The Hall–Kier alpha value is -1.13. The van der Waals surface area contributed by atoms with Crippen molar-refractivity contribution in [2.45, 2.75) is 45.3 Å². The van der Waals surface area contributed by atoms with E-state index < -0.39 is 0 Å². The highest BCUT2D eigenvalue weighted by Gasteiger charge is 2.17. The van der Waals surface area contributed by atoms with Gasteiger partial charge in [0.2, 0.25) is 0 Å². The van der Waals surface area contributed by atoms with Crippen molar-refractivity contribution in [2.75, 3.05) is 31.6 Å². The summed E-state index contributed by atoms with van der Waals surface area (Å²) in [5.74, 6) is -0.172. The molecule has 2 rings (SSSR count). The molecule has 4 heteroatoms. The first kappa shape index (κ1) is 16.2. The van der Waals surface area contributed by atoms with Gasteiger partial charge in [0, 0.05) is 32.4 Å². The molecule has 0 amide bonds. The molecule has 118 valence electrons. The van der Waals surface area contributed by atoms with Crippen LogP contribution in [0, 0.1) is 5.82 Å². The number of nitrogens with zero attached hydrogens (tertiary/aromatic N) is 1. The Morgan fingerprint density at radius 1 is 1.38 bits per heavy atom. The molecular weight excluding hydrogens is 267 g/mol. The van der Waals surface area contributed by atoms with Crippen molar-refractivity contribution in [2.24, 2.45) is 0 Å². The maximum Gasteiger partial charge on any atom is 0.123 e. The Bertz CT molecular complexity index is 433. The molecule has 0 bridgehead atoms. The van der Waals surface area contributed by atoms with E-state index in [1.54, 1.807) is 6.07 Å². The molecule has 1 fully saturated rings. The third-order valence-electron chi connectivity index (χ3n) is 3.95. The molecule has 1 aromatic carbocycles. The first-order chi connectivity index (χ1) is 10.2. The minimum Gasteiger partial charge on any atom is -0.376 e. The normalized spacial score (nSPS) is 18.7. The maximum absolute atomic E-state index is 13.5. The molecule has 1 aliphatic rings. The third-order valence-corrected chi connectivity index (χ3v) is 3.95. The third kappa shape index (κ3) is 4.97. The zero-order valence-electron chi connectivity index (χ0n) is 13.2. The second kappa shape index (κ2) is 8.35. The highest BCUT2D eigenvalue weighted by Crippen LogP contribution is 2.23. The number of ether oxygens (including phenoxy) is 1. The summed E-state index contributed by atoms with van der Waals surface area (Å²) < 4.78 is 19.3. The molecule has 1 saturated heterocycles. The Morgan fingerprint density at radius 2 is 2.24 bits per heavy atom. The lowest BCUT2D eigenvalue weighted by molar-refractivity contribution is 0.0216. The fraction of sp³-hybridized carbons (Fsp3) is 0.647. The number of hydrogen-bond donors (Lipinski definition) is 1. The minimum absolute atomic E-state index is 0.172. The second-order valence-electron chi connectivity index (χ2n) is 5.82. The molecule has 1 N–H and O–H groups in total. The van der Waals surface area contributed by atoms with Crippen LogP contribution < -0.4 is 10.2 Å². The van der Waals surface area contributed by atoms with Crippen LogP contribution >= 0.6 is 0 Å². The van der Waals surface area contributed by atoms with Gasteiger partial charge >= 0.3 is 0 Å². The van der Waals surface area contributed by atoms with Gasteiger partial charge in [-0.25, -0.2) is 4.39 Å². The van der Waals surface area contributed by atoms with E-state index in [9.17, 15) is 4.39 Å². The average Bonchev–Trinajstić information content (AvgIpc) is 2.48. The van der Waals surface area contributed by atoms with E-state index in [-0.39, 0.29) is 5.82 Å². The van der Waals surface area contributed by atoms with Crippen molar-refractivity contribution >= 4 is 5.69 Å². The van der Waals surface area contributed by atoms with Crippen LogP contribution in [0.25, 0.3) is 0 Å². The predicted molar refractivity (Wildman–Crippen MR) is 85.3 cm³/mol. The second-order valence-corrected chi connectivity index (χ2v) is 5.82. The topological polar surface area (TPSA) is 24.5 Å². The molecule has 1 aromatic rings. The Balaban J connectivity index is 2.01. The van der Waals surface area contributed by atoms with Gasteiger partial charge in [-0.15, -0.1) is 0 Å². The van der Waals surface area contributed by atoms with Gasteiger partial charge in [-0.3, -0.25) is 0 Å².